The quantitative estimate of drug-likeness (QED) is 0.855. The Morgan fingerprint density at radius 1 is 1.26 bits per heavy atom. The molecule has 0 atom stereocenters. The lowest BCUT2D eigenvalue weighted by Gasteiger charge is -2.09. The van der Waals surface area contributed by atoms with Crippen molar-refractivity contribution in [3.63, 3.8) is 0 Å². The molecular formula is C14H16N2O3. The maximum atomic E-state index is 11.6. The summed E-state index contributed by atoms with van der Waals surface area (Å²) >= 11 is 0. The van der Waals surface area contributed by atoms with Crippen molar-refractivity contribution >= 4 is 28.3 Å². The number of amides is 1. The number of anilines is 1. The van der Waals surface area contributed by atoms with E-state index >= 15 is 0 Å². The van der Waals surface area contributed by atoms with Crippen LogP contribution in [-0.4, -0.2) is 37.2 Å². The highest BCUT2D eigenvalue weighted by Crippen LogP contribution is 2.23. The number of hydrogen-bond acceptors (Lipinski definition) is 4. The van der Waals surface area contributed by atoms with Gasteiger partial charge in [-0.1, -0.05) is 0 Å². The number of carbonyl (C=O) groups is 2. The van der Waals surface area contributed by atoms with Gasteiger partial charge in [0.25, 0.3) is 0 Å². The molecule has 0 spiro atoms. The van der Waals surface area contributed by atoms with E-state index < -0.39 is 0 Å². The molecule has 0 unspecified atom stereocenters. The first-order chi connectivity index (χ1) is 8.95. The van der Waals surface area contributed by atoms with Crippen molar-refractivity contribution in [1.82, 2.24) is 4.90 Å². The molecule has 2 aromatic rings. The zero-order chi connectivity index (χ0) is 14.0. The largest absolute Gasteiger partial charge is 0.453 e. The van der Waals surface area contributed by atoms with Crippen LogP contribution in [0.25, 0.3) is 11.0 Å². The van der Waals surface area contributed by atoms with Crippen LogP contribution < -0.4 is 5.32 Å². The van der Waals surface area contributed by atoms with Crippen LogP contribution in [0.5, 0.6) is 0 Å². The van der Waals surface area contributed by atoms with Crippen LogP contribution >= 0.6 is 0 Å². The van der Waals surface area contributed by atoms with Gasteiger partial charge in [-0.2, -0.15) is 0 Å². The molecule has 2 rings (SSSR count). The van der Waals surface area contributed by atoms with E-state index in [1.807, 2.05) is 14.1 Å². The zero-order valence-electron chi connectivity index (χ0n) is 11.2. The van der Waals surface area contributed by atoms with Crippen molar-refractivity contribution in [2.45, 2.75) is 6.92 Å². The van der Waals surface area contributed by atoms with Gasteiger partial charge in [-0.15, -0.1) is 0 Å². The number of fused-ring (bicyclic) bond motifs is 1. The number of furan rings is 1. The highest BCUT2D eigenvalue weighted by atomic mass is 16.3. The van der Waals surface area contributed by atoms with Gasteiger partial charge < -0.3 is 14.6 Å². The molecule has 0 aliphatic carbocycles. The molecular weight excluding hydrogens is 244 g/mol. The van der Waals surface area contributed by atoms with Crippen LogP contribution in [0.3, 0.4) is 0 Å². The summed E-state index contributed by atoms with van der Waals surface area (Å²) in [7, 11) is 3.66. The summed E-state index contributed by atoms with van der Waals surface area (Å²) in [5.74, 6) is 0.126. The second-order valence-corrected chi connectivity index (χ2v) is 4.71. The molecule has 1 aromatic carbocycles. The number of nitrogens with zero attached hydrogens (tertiary/aromatic N) is 1. The third-order valence-corrected chi connectivity index (χ3v) is 2.61. The molecule has 1 amide bonds. The van der Waals surface area contributed by atoms with Crippen molar-refractivity contribution in [3.8, 4) is 0 Å². The minimum Gasteiger partial charge on any atom is -0.453 e. The number of Topliss-reactive ketones (excluding diaryl/α,β-unsaturated/α-hetero) is 1. The van der Waals surface area contributed by atoms with Crippen LogP contribution in [0.2, 0.25) is 0 Å². The molecule has 0 bridgehead atoms. The van der Waals surface area contributed by atoms with Gasteiger partial charge in [0.15, 0.2) is 11.5 Å². The Morgan fingerprint density at radius 2 is 2.00 bits per heavy atom. The van der Waals surface area contributed by atoms with Crippen LogP contribution in [-0.2, 0) is 4.79 Å². The van der Waals surface area contributed by atoms with Gasteiger partial charge in [0, 0.05) is 18.0 Å². The molecule has 0 saturated carbocycles. The van der Waals surface area contributed by atoms with E-state index in [1.165, 1.54) is 6.92 Å². The fourth-order valence-corrected chi connectivity index (χ4v) is 1.78. The van der Waals surface area contributed by atoms with E-state index in [-0.39, 0.29) is 11.7 Å². The predicted molar refractivity (Wildman–Crippen MR) is 73.4 cm³/mol. The maximum absolute atomic E-state index is 11.6. The van der Waals surface area contributed by atoms with E-state index in [0.717, 1.165) is 5.39 Å². The number of nitrogens with one attached hydrogen (secondary N) is 1. The molecule has 0 aliphatic heterocycles. The molecule has 1 heterocycles. The van der Waals surface area contributed by atoms with Crippen molar-refractivity contribution in [3.05, 3.63) is 30.0 Å². The fourth-order valence-electron chi connectivity index (χ4n) is 1.78. The molecule has 5 nitrogen and oxygen atoms in total. The molecule has 1 N–H and O–H groups in total. The zero-order valence-corrected chi connectivity index (χ0v) is 11.2. The standard InChI is InChI=1S/C14H16N2O3/c1-9(17)13-7-10-6-11(4-5-12(10)19-13)15-14(18)8-16(2)3/h4-7H,8H2,1-3H3,(H,15,18). The van der Waals surface area contributed by atoms with Gasteiger partial charge in [-0.3, -0.25) is 9.59 Å². The van der Waals surface area contributed by atoms with Gasteiger partial charge >= 0.3 is 0 Å². The lowest BCUT2D eigenvalue weighted by Crippen LogP contribution is -2.26. The highest BCUT2D eigenvalue weighted by Gasteiger charge is 2.09. The molecule has 0 saturated heterocycles. The van der Waals surface area contributed by atoms with Crippen molar-refractivity contribution in [2.24, 2.45) is 0 Å². The topological polar surface area (TPSA) is 62.6 Å². The van der Waals surface area contributed by atoms with Crippen molar-refractivity contribution < 1.29 is 14.0 Å². The number of benzene rings is 1. The Kier molecular flexibility index (Phi) is 3.66. The summed E-state index contributed by atoms with van der Waals surface area (Å²) in [5, 5.41) is 3.60. The summed E-state index contributed by atoms with van der Waals surface area (Å²) in [5.41, 5.74) is 1.33. The summed E-state index contributed by atoms with van der Waals surface area (Å²) < 4.78 is 5.38. The van der Waals surface area contributed by atoms with Crippen LogP contribution in [0.15, 0.2) is 28.7 Å². The smallest absolute Gasteiger partial charge is 0.238 e. The Hall–Kier alpha value is -2.14. The molecule has 100 valence electrons. The predicted octanol–water partition coefficient (Wildman–Crippen LogP) is 2.14. The molecule has 19 heavy (non-hydrogen) atoms. The fraction of sp³-hybridized carbons (Fsp3) is 0.286. The third kappa shape index (κ3) is 3.20. The van der Waals surface area contributed by atoms with Crippen molar-refractivity contribution in [2.75, 3.05) is 26.0 Å². The SMILES string of the molecule is CC(=O)c1cc2cc(NC(=O)CN(C)C)ccc2o1. The Balaban J connectivity index is 2.21. The minimum absolute atomic E-state index is 0.0837. The number of rotatable bonds is 4. The van der Waals surface area contributed by atoms with Gasteiger partial charge in [-0.05, 0) is 38.4 Å². The number of likely N-dealkylation sites (N-methyl/N-ethyl adjacent to an activating group) is 1. The second-order valence-electron chi connectivity index (χ2n) is 4.71. The van der Waals surface area contributed by atoms with E-state index in [0.29, 0.717) is 23.6 Å². The number of hydrogen-bond donors (Lipinski definition) is 1. The lowest BCUT2D eigenvalue weighted by molar-refractivity contribution is -0.116. The van der Waals surface area contributed by atoms with Crippen molar-refractivity contribution in [1.29, 1.82) is 0 Å². The van der Waals surface area contributed by atoms with E-state index in [4.69, 9.17) is 4.42 Å². The van der Waals surface area contributed by atoms with Crippen LogP contribution in [0, 0.1) is 0 Å². The highest BCUT2D eigenvalue weighted by molar-refractivity contribution is 5.98. The third-order valence-electron chi connectivity index (χ3n) is 2.61. The maximum Gasteiger partial charge on any atom is 0.238 e. The Labute approximate surface area is 111 Å². The van der Waals surface area contributed by atoms with E-state index in [1.54, 1.807) is 29.2 Å². The normalized spacial score (nSPS) is 10.9. The lowest BCUT2D eigenvalue weighted by atomic mass is 10.2. The van der Waals surface area contributed by atoms with Crippen LogP contribution in [0.1, 0.15) is 17.5 Å². The molecule has 5 heteroatoms. The average molecular weight is 260 g/mol. The summed E-state index contributed by atoms with van der Waals surface area (Å²) in [6, 6.07) is 6.97. The molecule has 0 fully saturated rings. The van der Waals surface area contributed by atoms with Crippen LogP contribution in [0.4, 0.5) is 5.69 Å². The van der Waals surface area contributed by atoms with Gasteiger partial charge in [0.1, 0.15) is 5.58 Å². The second kappa shape index (κ2) is 5.24. The summed E-state index contributed by atoms with van der Waals surface area (Å²) in [6.07, 6.45) is 0. The summed E-state index contributed by atoms with van der Waals surface area (Å²) in [4.78, 5) is 24.7. The molecule has 1 aromatic heterocycles. The van der Waals surface area contributed by atoms with E-state index in [2.05, 4.69) is 5.32 Å². The first kappa shape index (κ1) is 13.3. The Bertz CT molecular complexity index is 629. The average Bonchev–Trinajstić information content (AvgIpc) is 2.70. The van der Waals surface area contributed by atoms with E-state index in [9.17, 15) is 9.59 Å². The molecule has 0 aliphatic rings. The summed E-state index contributed by atoms with van der Waals surface area (Å²) in [6.45, 7) is 1.78. The monoisotopic (exact) mass is 260 g/mol. The first-order valence-electron chi connectivity index (χ1n) is 5.95. The Morgan fingerprint density at radius 3 is 2.63 bits per heavy atom. The number of ketones is 1. The van der Waals surface area contributed by atoms with Gasteiger partial charge in [0.05, 0.1) is 6.54 Å². The first-order valence-corrected chi connectivity index (χ1v) is 5.95. The van der Waals surface area contributed by atoms with Gasteiger partial charge in [0.2, 0.25) is 5.91 Å². The minimum atomic E-state index is -0.116. The number of carbonyl (C=O) groups excluding carboxylic acids is 2. The molecule has 0 radical (unpaired) electrons. The van der Waals surface area contributed by atoms with Gasteiger partial charge in [-0.25, -0.2) is 0 Å².